The standard InChI is InChI=1S/C16H24FN3O/c1-5-20(11-12(2)3)9-8-19(4)16-14-10-13(17)6-7-15(14)21-18-16/h6-7,10,12H,5,8-9,11H2,1-4H3. The van der Waals surface area contributed by atoms with Crippen LogP contribution >= 0.6 is 0 Å². The van der Waals surface area contributed by atoms with E-state index in [4.69, 9.17) is 4.52 Å². The Labute approximate surface area is 125 Å². The van der Waals surface area contributed by atoms with Gasteiger partial charge in [-0.05, 0) is 30.7 Å². The lowest BCUT2D eigenvalue weighted by atomic mass is 10.2. The topological polar surface area (TPSA) is 32.5 Å². The van der Waals surface area contributed by atoms with Gasteiger partial charge in [0.1, 0.15) is 5.82 Å². The number of nitrogens with zero attached hydrogens (tertiary/aromatic N) is 3. The molecule has 0 N–H and O–H groups in total. The predicted molar refractivity (Wildman–Crippen MR) is 84.2 cm³/mol. The van der Waals surface area contributed by atoms with Gasteiger partial charge in [0, 0.05) is 26.7 Å². The lowest BCUT2D eigenvalue weighted by Gasteiger charge is -2.25. The summed E-state index contributed by atoms with van der Waals surface area (Å²) in [7, 11) is 1.96. The van der Waals surface area contributed by atoms with E-state index >= 15 is 0 Å². The molecule has 2 rings (SSSR count). The Kier molecular flexibility index (Phi) is 5.17. The van der Waals surface area contributed by atoms with Gasteiger partial charge in [-0.3, -0.25) is 0 Å². The minimum Gasteiger partial charge on any atom is -0.355 e. The average molecular weight is 293 g/mol. The van der Waals surface area contributed by atoms with Crippen LogP contribution in [0.2, 0.25) is 0 Å². The minimum absolute atomic E-state index is 0.268. The van der Waals surface area contributed by atoms with Crippen LogP contribution in [0.15, 0.2) is 22.7 Å². The molecule has 0 amide bonds. The SMILES string of the molecule is CCN(CCN(C)c1noc2ccc(F)cc12)CC(C)C. The number of hydrogen-bond acceptors (Lipinski definition) is 4. The third kappa shape index (κ3) is 3.94. The van der Waals surface area contributed by atoms with E-state index in [0.29, 0.717) is 17.3 Å². The van der Waals surface area contributed by atoms with Crippen LogP contribution in [-0.4, -0.2) is 43.3 Å². The second-order valence-electron chi connectivity index (χ2n) is 5.86. The monoisotopic (exact) mass is 293 g/mol. The summed E-state index contributed by atoms with van der Waals surface area (Å²) in [5, 5.41) is 4.79. The zero-order valence-electron chi connectivity index (χ0n) is 13.3. The zero-order valence-corrected chi connectivity index (χ0v) is 13.3. The maximum atomic E-state index is 13.4. The fraction of sp³-hybridized carbons (Fsp3) is 0.562. The zero-order chi connectivity index (χ0) is 15.4. The molecule has 2 aromatic rings. The third-order valence-corrected chi connectivity index (χ3v) is 3.60. The van der Waals surface area contributed by atoms with Crippen molar-refractivity contribution in [3.8, 4) is 0 Å². The van der Waals surface area contributed by atoms with Crippen molar-refractivity contribution in [3.63, 3.8) is 0 Å². The first-order valence-corrected chi connectivity index (χ1v) is 7.49. The van der Waals surface area contributed by atoms with Gasteiger partial charge in [0.05, 0.1) is 5.39 Å². The quantitative estimate of drug-likeness (QED) is 0.783. The average Bonchev–Trinajstić information content (AvgIpc) is 2.85. The molecule has 0 bridgehead atoms. The highest BCUT2D eigenvalue weighted by atomic mass is 19.1. The normalized spacial score (nSPS) is 11.8. The molecule has 5 heteroatoms. The summed E-state index contributed by atoms with van der Waals surface area (Å²) in [4.78, 5) is 4.43. The molecule has 0 unspecified atom stereocenters. The molecule has 1 heterocycles. The van der Waals surface area contributed by atoms with Crippen molar-refractivity contribution >= 4 is 16.8 Å². The smallest absolute Gasteiger partial charge is 0.179 e. The first-order valence-electron chi connectivity index (χ1n) is 7.49. The van der Waals surface area contributed by atoms with E-state index in [-0.39, 0.29) is 5.82 Å². The highest BCUT2D eigenvalue weighted by Crippen LogP contribution is 2.25. The molecule has 0 spiro atoms. The van der Waals surface area contributed by atoms with Gasteiger partial charge in [0.2, 0.25) is 0 Å². The summed E-state index contributed by atoms with van der Waals surface area (Å²) in [5.74, 6) is 1.08. The van der Waals surface area contributed by atoms with Crippen LogP contribution in [0.1, 0.15) is 20.8 Å². The Hall–Kier alpha value is -1.62. The van der Waals surface area contributed by atoms with Crippen LogP contribution in [0.25, 0.3) is 11.0 Å². The van der Waals surface area contributed by atoms with Gasteiger partial charge < -0.3 is 14.3 Å². The van der Waals surface area contributed by atoms with Gasteiger partial charge in [-0.25, -0.2) is 4.39 Å². The highest BCUT2D eigenvalue weighted by Gasteiger charge is 2.14. The molecule has 1 aromatic carbocycles. The summed E-state index contributed by atoms with van der Waals surface area (Å²) in [6, 6.07) is 4.48. The molecule has 4 nitrogen and oxygen atoms in total. The van der Waals surface area contributed by atoms with Crippen molar-refractivity contribution in [2.45, 2.75) is 20.8 Å². The number of fused-ring (bicyclic) bond motifs is 1. The molecule has 0 aliphatic carbocycles. The fourth-order valence-electron chi connectivity index (χ4n) is 2.47. The maximum absolute atomic E-state index is 13.4. The van der Waals surface area contributed by atoms with Crippen LogP contribution in [0.3, 0.4) is 0 Å². The van der Waals surface area contributed by atoms with E-state index in [9.17, 15) is 4.39 Å². The summed E-state index contributed by atoms with van der Waals surface area (Å²) >= 11 is 0. The highest BCUT2D eigenvalue weighted by molar-refractivity contribution is 5.88. The van der Waals surface area contributed by atoms with Crippen molar-refractivity contribution < 1.29 is 8.91 Å². The third-order valence-electron chi connectivity index (χ3n) is 3.60. The van der Waals surface area contributed by atoms with E-state index in [1.807, 2.05) is 11.9 Å². The Morgan fingerprint density at radius 1 is 1.29 bits per heavy atom. The Morgan fingerprint density at radius 2 is 2.05 bits per heavy atom. The summed E-state index contributed by atoms with van der Waals surface area (Å²) in [6.45, 7) is 10.5. The van der Waals surface area contributed by atoms with Gasteiger partial charge in [-0.1, -0.05) is 25.9 Å². The fourth-order valence-corrected chi connectivity index (χ4v) is 2.47. The van der Waals surface area contributed by atoms with E-state index < -0.39 is 0 Å². The minimum atomic E-state index is -0.268. The molecule has 0 fully saturated rings. The number of likely N-dealkylation sites (N-methyl/N-ethyl adjacent to an activating group) is 2. The molecule has 0 radical (unpaired) electrons. The number of hydrogen-bond donors (Lipinski definition) is 0. The van der Waals surface area contributed by atoms with Crippen molar-refractivity contribution in [1.29, 1.82) is 0 Å². The number of aromatic nitrogens is 1. The van der Waals surface area contributed by atoms with Crippen LogP contribution in [0, 0.1) is 11.7 Å². The molecule has 0 saturated carbocycles. The lowest BCUT2D eigenvalue weighted by molar-refractivity contribution is 0.262. The Balaban J connectivity index is 2.04. The van der Waals surface area contributed by atoms with Crippen molar-refractivity contribution in [2.75, 3.05) is 38.1 Å². The maximum Gasteiger partial charge on any atom is 0.179 e. The van der Waals surface area contributed by atoms with E-state index in [2.05, 4.69) is 30.8 Å². The lowest BCUT2D eigenvalue weighted by Crippen LogP contribution is -2.35. The molecule has 116 valence electrons. The van der Waals surface area contributed by atoms with Gasteiger partial charge >= 0.3 is 0 Å². The van der Waals surface area contributed by atoms with Gasteiger partial charge in [-0.2, -0.15) is 0 Å². The van der Waals surface area contributed by atoms with Crippen LogP contribution in [0.5, 0.6) is 0 Å². The first-order chi connectivity index (χ1) is 10.0. The van der Waals surface area contributed by atoms with Crippen LogP contribution < -0.4 is 4.90 Å². The largest absolute Gasteiger partial charge is 0.355 e. The molecule has 1 aromatic heterocycles. The van der Waals surface area contributed by atoms with Gasteiger partial charge in [0.15, 0.2) is 11.4 Å². The van der Waals surface area contributed by atoms with E-state index in [1.165, 1.54) is 12.1 Å². The van der Waals surface area contributed by atoms with E-state index in [1.54, 1.807) is 6.07 Å². The van der Waals surface area contributed by atoms with Crippen molar-refractivity contribution in [2.24, 2.45) is 5.92 Å². The molecular weight excluding hydrogens is 269 g/mol. The predicted octanol–water partition coefficient (Wildman–Crippen LogP) is 3.38. The second kappa shape index (κ2) is 6.89. The molecule has 0 saturated heterocycles. The second-order valence-corrected chi connectivity index (χ2v) is 5.86. The number of halogens is 1. The van der Waals surface area contributed by atoms with Gasteiger partial charge in [-0.15, -0.1) is 0 Å². The number of benzene rings is 1. The first kappa shape index (κ1) is 15.8. The Morgan fingerprint density at radius 3 is 2.71 bits per heavy atom. The summed E-state index contributed by atoms with van der Waals surface area (Å²) < 4.78 is 18.6. The molecule has 0 atom stereocenters. The molecule has 0 aliphatic rings. The van der Waals surface area contributed by atoms with Crippen molar-refractivity contribution in [1.82, 2.24) is 10.1 Å². The van der Waals surface area contributed by atoms with Crippen molar-refractivity contribution in [3.05, 3.63) is 24.0 Å². The molecule has 0 aliphatic heterocycles. The summed E-state index contributed by atoms with van der Waals surface area (Å²) in [5.41, 5.74) is 0.618. The number of anilines is 1. The number of rotatable bonds is 7. The van der Waals surface area contributed by atoms with Gasteiger partial charge in [0.25, 0.3) is 0 Å². The van der Waals surface area contributed by atoms with Crippen LogP contribution in [0.4, 0.5) is 10.2 Å². The van der Waals surface area contributed by atoms with Crippen LogP contribution in [-0.2, 0) is 0 Å². The Bertz CT molecular complexity index is 582. The molecular formula is C16H24FN3O. The summed E-state index contributed by atoms with van der Waals surface area (Å²) in [6.07, 6.45) is 0. The van der Waals surface area contributed by atoms with E-state index in [0.717, 1.165) is 31.6 Å². The molecule has 21 heavy (non-hydrogen) atoms.